The highest BCUT2D eigenvalue weighted by molar-refractivity contribution is 7.99. The molecule has 1 fully saturated rings. The number of thioether (sulfide) groups is 1. The van der Waals surface area contributed by atoms with Gasteiger partial charge in [-0.25, -0.2) is 0 Å². The van der Waals surface area contributed by atoms with Gasteiger partial charge in [0.05, 0.1) is 0 Å². The molecule has 0 spiro atoms. The monoisotopic (exact) mass is 283 g/mol. The van der Waals surface area contributed by atoms with Crippen LogP contribution < -0.4 is 5.32 Å². The average molecular weight is 284 g/mol. The van der Waals surface area contributed by atoms with Crippen molar-refractivity contribution in [3.05, 3.63) is 28.8 Å². The molecule has 18 heavy (non-hydrogen) atoms. The average Bonchev–Trinajstić information content (AvgIpc) is 3.11. The highest BCUT2D eigenvalue weighted by Crippen LogP contribution is 2.27. The van der Waals surface area contributed by atoms with E-state index in [0.717, 1.165) is 23.5 Å². The van der Waals surface area contributed by atoms with Crippen molar-refractivity contribution in [2.24, 2.45) is 5.92 Å². The van der Waals surface area contributed by atoms with Crippen molar-refractivity contribution in [1.29, 1.82) is 0 Å². The fraction of sp³-hybridized carbons (Fsp3) is 0.600. The summed E-state index contributed by atoms with van der Waals surface area (Å²) in [6.45, 7) is 5.43. The Bertz CT molecular complexity index is 388. The van der Waals surface area contributed by atoms with Gasteiger partial charge in [-0.15, -0.1) is 11.8 Å². The van der Waals surface area contributed by atoms with Gasteiger partial charge in [0.2, 0.25) is 0 Å². The second-order valence-corrected chi connectivity index (χ2v) is 7.01. The molecule has 0 bridgehead atoms. The number of rotatable bonds is 7. The van der Waals surface area contributed by atoms with E-state index >= 15 is 0 Å². The fourth-order valence-electron chi connectivity index (χ4n) is 1.72. The maximum Gasteiger partial charge on any atom is 0.0462 e. The van der Waals surface area contributed by atoms with E-state index in [9.17, 15) is 0 Å². The summed E-state index contributed by atoms with van der Waals surface area (Å²) in [6, 6.07) is 7.20. The molecule has 0 amide bonds. The molecule has 1 aliphatic carbocycles. The van der Waals surface area contributed by atoms with Crippen molar-refractivity contribution < 1.29 is 0 Å². The van der Waals surface area contributed by atoms with E-state index in [2.05, 4.69) is 37.4 Å². The molecule has 0 aliphatic heterocycles. The van der Waals surface area contributed by atoms with Crippen LogP contribution in [0.3, 0.4) is 0 Å². The molecule has 0 aromatic heterocycles. The summed E-state index contributed by atoms with van der Waals surface area (Å²) in [7, 11) is 0. The Morgan fingerprint density at radius 1 is 1.39 bits per heavy atom. The molecule has 0 radical (unpaired) electrons. The van der Waals surface area contributed by atoms with Gasteiger partial charge >= 0.3 is 0 Å². The Morgan fingerprint density at radius 3 is 2.78 bits per heavy atom. The number of hydrogen-bond acceptors (Lipinski definition) is 2. The number of halogens is 1. The van der Waals surface area contributed by atoms with Crippen LogP contribution in [0.5, 0.6) is 0 Å². The minimum atomic E-state index is 0.737. The minimum Gasteiger partial charge on any atom is -0.310 e. The summed E-state index contributed by atoms with van der Waals surface area (Å²) in [5.74, 6) is 1.95. The standard InChI is InChI=1S/C15H22ClNS/c1-11(2)7-8-18-14-6-3-12(15(16)9-14)10-17-13-4-5-13/h3,6,9,11,13,17H,4-5,7-8,10H2,1-2H3. The predicted octanol–water partition coefficient (Wildman–Crippen LogP) is 4.73. The second-order valence-electron chi connectivity index (χ2n) is 5.44. The first-order valence-corrected chi connectivity index (χ1v) is 8.16. The molecule has 1 aliphatic rings. The second kappa shape index (κ2) is 6.83. The maximum atomic E-state index is 6.32. The smallest absolute Gasteiger partial charge is 0.0462 e. The van der Waals surface area contributed by atoms with Crippen LogP contribution >= 0.6 is 23.4 Å². The summed E-state index contributed by atoms with van der Waals surface area (Å²) in [6.07, 6.45) is 3.90. The fourth-order valence-corrected chi connectivity index (χ4v) is 3.22. The van der Waals surface area contributed by atoms with Crippen LogP contribution in [-0.2, 0) is 6.54 Å². The van der Waals surface area contributed by atoms with Crippen molar-refractivity contribution in [3.63, 3.8) is 0 Å². The van der Waals surface area contributed by atoms with Gasteiger partial charge in [0, 0.05) is 22.5 Å². The maximum absolute atomic E-state index is 6.32. The molecule has 1 nitrogen and oxygen atoms in total. The van der Waals surface area contributed by atoms with Crippen molar-refractivity contribution in [3.8, 4) is 0 Å². The topological polar surface area (TPSA) is 12.0 Å². The van der Waals surface area contributed by atoms with E-state index in [-0.39, 0.29) is 0 Å². The van der Waals surface area contributed by atoms with Crippen molar-refractivity contribution >= 4 is 23.4 Å². The molecule has 1 saturated carbocycles. The zero-order chi connectivity index (χ0) is 13.0. The molecule has 0 unspecified atom stereocenters. The number of benzene rings is 1. The Kier molecular flexibility index (Phi) is 5.40. The minimum absolute atomic E-state index is 0.737. The van der Waals surface area contributed by atoms with Crippen molar-refractivity contribution in [1.82, 2.24) is 5.32 Å². The molecule has 0 atom stereocenters. The van der Waals surface area contributed by atoms with E-state index < -0.39 is 0 Å². The molecule has 3 heteroatoms. The Hall–Kier alpha value is -0.180. The lowest BCUT2D eigenvalue weighted by atomic mass is 10.2. The van der Waals surface area contributed by atoms with Crippen LogP contribution in [0.1, 0.15) is 38.7 Å². The van der Waals surface area contributed by atoms with Gasteiger partial charge in [-0.2, -0.15) is 0 Å². The molecule has 0 heterocycles. The van der Waals surface area contributed by atoms with Crippen LogP contribution in [0.25, 0.3) is 0 Å². The summed E-state index contributed by atoms with van der Waals surface area (Å²) >= 11 is 8.22. The number of nitrogens with one attached hydrogen (secondary N) is 1. The normalized spacial score (nSPS) is 15.3. The van der Waals surface area contributed by atoms with Gasteiger partial charge in [-0.1, -0.05) is 31.5 Å². The summed E-state index contributed by atoms with van der Waals surface area (Å²) < 4.78 is 0. The lowest BCUT2D eigenvalue weighted by Gasteiger charge is -2.08. The third-order valence-corrected chi connectivity index (χ3v) is 4.53. The van der Waals surface area contributed by atoms with Gasteiger partial charge in [0.15, 0.2) is 0 Å². The lowest BCUT2D eigenvalue weighted by molar-refractivity contribution is 0.632. The molecule has 1 N–H and O–H groups in total. The Labute approximate surface area is 120 Å². The first-order valence-electron chi connectivity index (χ1n) is 6.80. The SMILES string of the molecule is CC(C)CCSc1ccc(CNC2CC2)c(Cl)c1. The molecule has 0 saturated heterocycles. The first kappa shape index (κ1) is 14.2. The molecule has 1 aromatic rings. The first-order chi connectivity index (χ1) is 8.65. The molecule has 1 aromatic carbocycles. The Morgan fingerprint density at radius 2 is 2.17 bits per heavy atom. The molecule has 2 rings (SSSR count). The highest BCUT2D eigenvalue weighted by Gasteiger charge is 2.20. The van der Waals surface area contributed by atoms with E-state index in [0.29, 0.717) is 0 Å². The predicted molar refractivity (Wildman–Crippen MR) is 81.5 cm³/mol. The van der Waals surface area contributed by atoms with Crippen LogP contribution in [0.4, 0.5) is 0 Å². The third-order valence-electron chi connectivity index (χ3n) is 3.15. The van der Waals surface area contributed by atoms with Gasteiger partial charge < -0.3 is 5.32 Å². The van der Waals surface area contributed by atoms with Gasteiger partial charge in [-0.3, -0.25) is 0 Å². The Balaban J connectivity index is 1.83. The molecule has 100 valence electrons. The van der Waals surface area contributed by atoms with E-state index in [4.69, 9.17) is 11.6 Å². The largest absolute Gasteiger partial charge is 0.310 e. The van der Waals surface area contributed by atoms with Gasteiger partial charge in [0.1, 0.15) is 0 Å². The number of hydrogen-bond donors (Lipinski definition) is 1. The zero-order valence-corrected chi connectivity index (χ0v) is 12.8. The quantitative estimate of drug-likeness (QED) is 0.726. The van der Waals surface area contributed by atoms with E-state index in [1.807, 2.05) is 11.8 Å². The van der Waals surface area contributed by atoms with Crippen LogP contribution in [0.2, 0.25) is 5.02 Å². The van der Waals surface area contributed by atoms with E-state index in [1.165, 1.54) is 35.5 Å². The van der Waals surface area contributed by atoms with E-state index in [1.54, 1.807) is 0 Å². The third kappa shape index (κ3) is 4.83. The van der Waals surface area contributed by atoms with Crippen LogP contribution in [-0.4, -0.2) is 11.8 Å². The van der Waals surface area contributed by atoms with Crippen molar-refractivity contribution in [2.75, 3.05) is 5.75 Å². The summed E-state index contributed by atoms with van der Waals surface area (Å²) in [4.78, 5) is 1.29. The molecular formula is C15H22ClNS. The summed E-state index contributed by atoms with van der Waals surface area (Å²) in [5.41, 5.74) is 1.22. The lowest BCUT2D eigenvalue weighted by Crippen LogP contribution is -2.15. The summed E-state index contributed by atoms with van der Waals surface area (Å²) in [5, 5.41) is 4.40. The van der Waals surface area contributed by atoms with Crippen LogP contribution in [0, 0.1) is 5.92 Å². The highest BCUT2D eigenvalue weighted by atomic mass is 35.5. The van der Waals surface area contributed by atoms with Crippen molar-refractivity contribution in [2.45, 2.75) is 50.6 Å². The van der Waals surface area contributed by atoms with Gasteiger partial charge in [-0.05, 0) is 48.6 Å². The molecular weight excluding hydrogens is 262 g/mol. The zero-order valence-electron chi connectivity index (χ0n) is 11.2. The van der Waals surface area contributed by atoms with Gasteiger partial charge in [0.25, 0.3) is 0 Å². The van der Waals surface area contributed by atoms with Crippen LogP contribution in [0.15, 0.2) is 23.1 Å².